The second-order valence-corrected chi connectivity index (χ2v) is 7.43. The molecule has 1 aliphatic heterocycles. The van der Waals surface area contributed by atoms with Crippen LogP contribution in [0.2, 0.25) is 0 Å². The maximum atomic E-state index is 12.4. The Morgan fingerprint density at radius 1 is 1.17 bits per heavy atom. The van der Waals surface area contributed by atoms with Gasteiger partial charge in [0.05, 0.1) is 6.42 Å². The molecule has 0 unspecified atom stereocenters. The fraction of sp³-hybridized carbons (Fsp3) is 0.600. The maximum Gasteiger partial charge on any atom is 0.227 e. The van der Waals surface area contributed by atoms with Crippen LogP contribution in [0.1, 0.15) is 51.5 Å². The molecule has 1 heterocycles. The van der Waals surface area contributed by atoms with Gasteiger partial charge in [0.25, 0.3) is 0 Å². The lowest BCUT2D eigenvalue weighted by molar-refractivity contribution is -0.122. The van der Waals surface area contributed by atoms with Crippen molar-refractivity contribution < 1.29 is 9.59 Å². The molecule has 4 nitrogen and oxygen atoms in total. The molecular weight excluding hydrogens is 300 g/mol. The average molecular weight is 328 g/mol. The Hall–Kier alpha value is -1.84. The summed E-state index contributed by atoms with van der Waals surface area (Å²) in [7, 11) is 0. The molecular formula is C20H28N2O2. The quantitative estimate of drug-likeness (QED) is 0.922. The van der Waals surface area contributed by atoms with E-state index in [0.717, 1.165) is 30.6 Å². The molecule has 2 fully saturated rings. The molecule has 24 heavy (non-hydrogen) atoms. The van der Waals surface area contributed by atoms with E-state index in [9.17, 15) is 9.59 Å². The molecule has 0 aromatic heterocycles. The van der Waals surface area contributed by atoms with E-state index in [1.54, 1.807) is 0 Å². The standard InChI is InChI=1S/C20H28N2O2/c1-14-5-3-6-18(15(14)2)21-19(23)13-16-8-10-17(11-9-16)22-12-4-7-20(22)24/h8-11,14-15,18H,3-7,12-13H2,1-2H3,(H,21,23)/t14-,15+,18-/m1/s1. The highest BCUT2D eigenvalue weighted by Gasteiger charge is 2.28. The second-order valence-electron chi connectivity index (χ2n) is 7.43. The van der Waals surface area contributed by atoms with Gasteiger partial charge in [-0.15, -0.1) is 0 Å². The van der Waals surface area contributed by atoms with Crippen molar-refractivity contribution in [2.75, 3.05) is 11.4 Å². The molecule has 0 radical (unpaired) electrons. The lowest BCUT2D eigenvalue weighted by atomic mass is 9.78. The first-order valence-corrected chi connectivity index (χ1v) is 9.23. The van der Waals surface area contributed by atoms with Gasteiger partial charge in [-0.05, 0) is 42.4 Å². The van der Waals surface area contributed by atoms with Crippen LogP contribution in [0, 0.1) is 11.8 Å². The molecule has 4 heteroatoms. The number of anilines is 1. The molecule has 0 bridgehead atoms. The Balaban J connectivity index is 1.55. The Bertz CT molecular complexity index is 596. The van der Waals surface area contributed by atoms with E-state index in [4.69, 9.17) is 0 Å². The van der Waals surface area contributed by atoms with Crippen molar-refractivity contribution in [3.8, 4) is 0 Å². The number of carbonyl (C=O) groups excluding carboxylic acids is 2. The topological polar surface area (TPSA) is 49.4 Å². The molecule has 1 aliphatic carbocycles. The number of benzene rings is 1. The van der Waals surface area contributed by atoms with Gasteiger partial charge in [0.2, 0.25) is 11.8 Å². The largest absolute Gasteiger partial charge is 0.353 e. The van der Waals surface area contributed by atoms with Crippen molar-refractivity contribution in [2.45, 2.75) is 58.4 Å². The van der Waals surface area contributed by atoms with Gasteiger partial charge in [0.1, 0.15) is 0 Å². The van der Waals surface area contributed by atoms with Crippen LogP contribution in [0.3, 0.4) is 0 Å². The van der Waals surface area contributed by atoms with Crippen LogP contribution >= 0.6 is 0 Å². The van der Waals surface area contributed by atoms with Gasteiger partial charge >= 0.3 is 0 Å². The van der Waals surface area contributed by atoms with Crippen molar-refractivity contribution in [3.05, 3.63) is 29.8 Å². The number of nitrogens with one attached hydrogen (secondary N) is 1. The lowest BCUT2D eigenvalue weighted by Gasteiger charge is -2.34. The normalized spacial score (nSPS) is 27.3. The summed E-state index contributed by atoms with van der Waals surface area (Å²) in [6.07, 6.45) is 5.54. The summed E-state index contributed by atoms with van der Waals surface area (Å²) in [6.45, 7) is 5.33. The zero-order valence-corrected chi connectivity index (χ0v) is 14.8. The third-order valence-electron chi connectivity index (χ3n) is 5.74. The summed E-state index contributed by atoms with van der Waals surface area (Å²) in [5.74, 6) is 1.53. The van der Waals surface area contributed by atoms with Crippen molar-refractivity contribution in [2.24, 2.45) is 11.8 Å². The van der Waals surface area contributed by atoms with Gasteiger partial charge in [-0.2, -0.15) is 0 Å². The Kier molecular flexibility index (Phi) is 5.22. The van der Waals surface area contributed by atoms with E-state index in [0.29, 0.717) is 30.7 Å². The van der Waals surface area contributed by atoms with Gasteiger partial charge in [0, 0.05) is 24.7 Å². The summed E-state index contributed by atoms with van der Waals surface area (Å²) in [4.78, 5) is 26.0. The number of nitrogens with zero attached hydrogens (tertiary/aromatic N) is 1. The number of hydrogen-bond donors (Lipinski definition) is 1. The minimum Gasteiger partial charge on any atom is -0.353 e. The molecule has 0 spiro atoms. The average Bonchev–Trinajstić information content (AvgIpc) is 2.99. The lowest BCUT2D eigenvalue weighted by Crippen LogP contribution is -2.44. The third-order valence-corrected chi connectivity index (χ3v) is 5.74. The first-order valence-electron chi connectivity index (χ1n) is 9.23. The predicted octanol–water partition coefficient (Wildman–Crippen LogP) is 3.30. The number of carbonyl (C=O) groups is 2. The first-order chi connectivity index (χ1) is 11.5. The zero-order valence-electron chi connectivity index (χ0n) is 14.8. The number of amides is 2. The molecule has 130 valence electrons. The Morgan fingerprint density at radius 2 is 1.92 bits per heavy atom. The van der Waals surface area contributed by atoms with Crippen LogP contribution in [0.25, 0.3) is 0 Å². The molecule has 1 aromatic carbocycles. The number of hydrogen-bond acceptors (Lipinski definition) is 2. The molecule has 3 rings (SSSR count). The first kappa shape index (κ1) is 17.0. The zero-order chi connectivity index (χ0) is 17.1. The molecule has 1 saturated heterocycles. The van der Waals surface area contributed by atoms with Crippen LogP contribution in [-0.2, 0) is 16.0 Å². The van der Waals surface area contributed by atoms with E-state index in [-0.39, 0.29) is 11.8 Å². The minimum atomic E-state index is 0.103. The van der Waals surface area contributed by atoms with Gasteiger partial charge in [-0.25, -0.2) is 0 Å². The molecule has 2 aliphatic rings. The van der Waals surface area contributed by atoms with E-state index >= 15 is 0 Å². The van der Waals surface area contributed by atoms with Gasteiger partial charge in [-0.1, -0.05) is 38.8 Å². The highest BCUT2D eigenvalue weighted by atomic mass is 16.2. The Morgan fingerprint density at radius 3 is 2.58 bits per heavy atom. The van der Waals surface area contributed by atoms with E-state index < -0.39 is 0 Å². The van der Waals surface area contributed by atoms with Crippen molar-refractivity contribution in [1.29, 1.82) is 0 Å². The maximum absolute atomic E-state index is 12.4. The van der Waals surface area contributed by atoms with Gasteiger partial charge in [-0.3, -0.25) is 9.59 Å². The summed E-state index contributed by atoms with van der Waals surface area (Å²) in [5.41, 5.74) is 1.94. The van der Waals surface area contributed by atoms with Crippen molar-refractivity contribution in [3.63, 3.8) is 0 Å². The summed E-state index contributed by atoms with van der Waals surface area (Å²) < 4.78 is 0. The van der Waals surface area contributed by atoms with Crippen molar-refractivity contribution >= 4 is 17.5 Å². The molecule has 1 N–H and O–H groups in total. The van der Waals surface area contributed by atoms with E-state index in [1.807, 2.05) is 29.2 Å². The Labute approximate surface area is 144 Å². The monoisotopic (exact) mass is 328 g/mol. The van der Waals surface area contributed by atoms with Crippen LogP contribution in [0.15, 0.2) is 24.3 Å². The van der Waals surface area contributed by atoms with Crippen LogP contribution in [0.4, 0.5) is 5.69 Å². The van der Waals surface area contributed by atoms with Gasteiger partial charge < -0.3 is 10.2 Å². The SMILES string of the molecule is C[C@H]1[C@H](C)CCC[C@H]1NC(=O)Cc1ccc(N2CCCC2=O)cc1. The highest BCUT2D eigenvalue weighted by Crippen LogP contribution is 2.29. The smallest absolute Gasteiger partial charge is 0.227 e. The van der Waals surface area contributed by atoms with Crippen LogP contribution in [-0.4, -0.2) is 24.4 Å². The molecule has 2 amide bonds. The van der Waals surface area contributed by atoms with Crippen LogP contribution < -0.4 is 10.2 Å². The molecule has 3 atom stereocenters. The summed E-state index contributed by atoms with van der Waals surface area (Å²) in [5, 5.41) is 3.22. The van der Waals surface area contributed by atoms with Gasteiger partial charge in [0.15, 0.2) is 0 Å². The molecule has 1 saturated carbocycles. The predicted molar refractivity (Wildman–Crippen MR) is 95.8 cm³/mol. The fourth-order valence-electron chi connectivity index (χ4n) is 3.94. The highest BCUT2D eigenvalue weighted by molar-refractivity contribution is 5.95. The minimum absolute atomic E-state index is 0.103. The van der Waals surface area contributed by atoms with Crippen molar-refractivity contribution in [1.82, 2.24) is 5.32 Å². The fourth-order valence-corrected chi connectivity index (χ4v) is 3.94. The second kappa shape index (κ2) is 7.37. The summed E-state index contributed by atoms with van der Waals surface area (Å²) in [6, 6.07) is 8.15. The van der Waals surface area contributed by atoms with E-state index in [2.05, 4.69) is 19.2 Å². The summed E-state index contributed by atoms with van der Waals surface area (Å²) >= 11 is 0. The van der Waals surface area contributed by atoms with E-state index in [1.165, 1.54) is 12.8 Å². The van der Waals surface area contributed by atoms with Crippen LogP contribution in [0.5, 0.6) is 0 Å². The number of rotatable bonds is 4. The third kappa shape index (κ3) is 3.80. The molecule has 1 aromatic rings.